The van der Waals surface area contributed by atoms with Gasteiger partial charge in [-0.05, 0) is 74.5 Å². The monoisotopic (exact) mass is 523 g/mol. The number of ether oxygens (including phenoxy) is 1. The smallest absolute Gasteiger partial charge is 0.248 e. The normalized spacial score (nSPS) is 18.0. The Morgan fingerprint density at radius 2 is 2.08 bits per heavy atom. The zero-order valence-corrected chi connectivity index (χ0v) is 21.6. The van der Waals surface area contributed by atoms with Crippen LogP contribution in [0.5, 0.6) is 0 Å². The average molecular weight is 524 g/mol. The van der Waals surface area contributed by atoms with E-state index >= 15 is 0 Å². The Balaban J connectivity index is 1.35. The highest BCUT2D eigenvalue weighted by Crippen LogP contribution is 2.42. The van der Waals surface area contributed by atoms with E-state index in [0.29, 0.717) is 24.0 Å². The summed E-state index contributed by atoms with van der Waals surface area (Å²) in [6, 6.07) is 8.38. The summed E-state index contributed by atoms with van der Waals surface area (Å²) in [7, 11) is 2.03. The van der Waals surface area contributed by atoms with Gasteiger partial charge in [0.05, 0.1) is 16.6 Å². The first-order valence-corrected chi connectivity index (χ1v) is 13.1. The highest BCUT2D eigenvalue weighted by atomic mass is 35.5. The predicted octanol–water partition coefficient (Wildman–Crippen LogP) is 6.04. The number of halogens is 2. The molecule has 2 fully saturated rings. The largest absolute Gasteiger partial charge is 0.377 e. The molecule has 1 aliphatic heterocycles. The lowest BCUT2D eigenvalue weighted by Gasteiger charge is -2.28. The third kappa shape index (κ3) is 6.26. The van der Waals surface area contributed by atoms with Gasteiger partial charge in [-0.1, -0.05) is 24.1 Å². The molecule has 1 saturated heterocycles. The minimum atomic E-state index is -0.485. The molecule has 1 saturated carbocycles. The number of hydrogen-bond acceptors (Lipinski definition) is 6. The molecule has 37 heavy (non-hydrogen) atoms. The molecule has 0 bridgehead atoms. The second-order valence-electron chi connectivity index (χ2n) is 9.81. The zero-order chi connectivity index (χ0) is 25.8. The number of hydrogen-bond donors (Lipinski definition) is 2. The Morgan fingerprint density at radius 3 is 2.81 bits per heavy atom. The van der Waals surface area contributed by atoms with Crippen LogP contribution in [0.2, 0.25) is 5.02 Å². The quantitative estimate of drug-likeness (QED) is 0.333. The number of nitrogens with zero attached hydrogens (tertiary/aromatic N) is 3. The van der Waals surface area contributed by atoms with Crippen LogP contribution in [-0.4, -0.2) is 53.6 Å². The lowest BCUT2D eigenvalue weighted by molar-refractivity contribution is -0.111. The van der Waals surface area contributed by atoms with E-state index in [2.05, 4.69) is 25.5 Å². The van der Waals surface area contributed by atoms with Gasteiger partial charge in [0.2, 0.25) is 5.91 Å². The van der Waals surface area contributed by atoms with Gasteiger partial charge in [0.1, 0.15) is 18.0 Å². The van der Waals surface area contributed by atoms with Gasteiger partial charge in [-0.3, -0.25) is 4.79 Å². The van der Waals surface area contributed by atoms with Gasteiger partial charge in [0, 0.05) is 42.5 Å². The molecule has 1 atom stereocenters. The van der Waals surface area contributed by atoms with Gasteiger partial charge in [0.15, 0.2) is 0 Å². The number of likely N-dealkylation sites (N-methyl/N-ethyl adjacent to an activating group) is 1. The number of fused-ring (bicyclic) bond motifs is 1. The van der Waals surface area contributed by atoms with E-state index in [1.807, 2.05) is 25.3 Å². The Labute approximate surface area is 221 Å². The molecular weight excluding hydrogens is 493 g/mol. The Morgan fingerprint density at radius 1 is 1.22 bits per heavy atom. The molecule has 7 nitrogen and oxygen atoms in total. The summed E-state index contributed by atoms with van der Waals surface area (Å²) in [5.74, 6) is 0.279. The molecule has 0 spiro atoms. The van der Waals surface area contributed by atoms with Crippen molar-refractivity contribution in [2.24, 2.45) is 0 Å². The first kappa shape index (κ1) is 25.6. The van der Waals surface area contributed by atoms with E-state index in [9.17, 15) is 9.18 Å². The number of amides is 1. The van der Waals surface area contributed by atoms with Crippen molar-refractivity contribution in [2.45, 2.75) is 44.1 Å². The van der Waals surface area contributed by atoms with Gasteiger partial charge in [-0.2, -0.15) is 0 Å². The van der Waals surface area contributed by atoms with Crippen molar-refractivity contribution in [3.8, 4) is 0 Å². The maximum atomic E-state index is 13.6. The maximum Gasteiger partial charge on any atom is 0.248 e. The molecule has 1 aliphatic carbocycles. The summed E-state index contributed by atoms with van der Waals surface area (Å²) in [6.45, 7) is 2.37. The average Bonchev–Trinajstić information content (AvgIpc) is 3.34. The summed E-state index contributed by atoms with van der Waals surface area (Å²) in [5.41, 5.74) is 3.23. The third-order valence-electron chi connectivity index (χ3n) is 7.02. The van der Waals surface area contributed by atoms with Crippen molar-refractivity contribution in [1.29, 1.82) is 0 Å². The number of aromatic nitrogens is 2. The van der Waals surface area contributed by atoms with E-state index in [1.54, 1.807) is 12.1 Å². The van der Waals surface area contributed by atoms with E-state index in [-0.39, 0.29) is 17.0 Å². The van der Waals surface area contributed by atoms with E-state index in [4.69, 9.17) is 16.3 Å². The summed E-state index contributed by atoms with van der Waals surface area (Å²) in [4.78, 5) is 23.9. The number of carbonyl (C=O) groups excluding carboxylic acids is 1. The van der Waals surface area contributed by atoms with Crippen LogP contribution in [0.1, 0.15) is 43.6 Å². The van der Waals surface area contributed by atoms with Crippen LogP contribution in [0.15, 0.2) is 48.8 Å². The molecule has 2 N–H and O–H groups in total. The van der Waals surface area contributed by atoms with Crippen molar-refractivity contribution in [2.75, 3.05) is 37.4 Å². The fraction of sp³-hybridized carbons (Fsp3) is 0.393. The van der Waals surface area contributed by atoms with Crippen molar-refractivity contribution in [1.82, 2.24) is 14.9 Å². The molecule has 2 aromatic carbocycles. The third-order valence-corrected chi connectivity index (χ3v) is 7.31. The summed E-state index contributed by atoms with van der Waals surface area (Å²) >= 11 is 5.95. The van der Waals surface area contributed by atoms with Gasteiger partial charge < -0.3 is 20.3 Å². The first-order chi connectivity index (χ1) is 18.0. The Bertz CT molecular complexity index is 1310. The molecular formula is C28H31ClFN5O2. The highest BCUT2D eigenvalue weighted by Gasteiger charge is 2.24. The molecule has 5 rings (SSSR count). The number of carbonyl (C=O) groups is 1. The van der Waals surface area contributed by atoms with Gasteiger partial charge in [-0.25, -0.2) is 14.4 Å². The van der Waals surface area contributed by atoms with Crippen molar-refractivity contribution in [3.63, 3.8) is 0 Å². The van der Waals surface area contributed by atoms with Crippen LogP contribution in [0.4, 0.5) is 21.6 Å². The van der Waals surface area contributed by atoms with Crippen LogP contribution in [0.3, 0.4) is 0 Å². The number of benzene rings is 2. The minimum Gasteiger partial charge on any atom is -0.377 e. The van der Waals surface area contributed by atoms with Crippen molar-refractivity contribution >= 4 is 45.6 Å². The molecule has 2 aliphatic rings. The second kappa shape index (κ2) is 11.5. The fourth-order valence-electron chi connectivity index (χ4n) is 4.82. The van der Waals surface area contributed by atoms with Gasteiger partial charge in [-0.15, -0.1) is 0 Å². The molecule has 1 aromatic heterocycles. The van der Waals surface area contributed by atoms with Gasteiger partial charge in [0.25, 0.3) is 0 Å². The SMILES string of the molecule is CN(CC=CC(=O)Nc1cc2c(Nc3ccc(F)c(Cl)c3)ncnc2cc1C1CCC1)C[C@@H]1CCCO1. The lowest BCUT2D eigenvalue weighted by atomic mass is 9.79. The lowest BCUT2D eigenvalue weighted by Crippen LogP contribution is -2.29. The molecule has 1 amide bonds. The van der Waals surface area contributed by atoms with Crippen LogP contribution in [-0.2, 0) is 9.53 Å². The highest BCUT2D eigenvalue weighted by molar-refractivity contribution is 6.31. The Kier molecular flexibility index (Phi) is 7.98. The number of rotatable bonds is 9. The molecule has 9 heteroatoms. The van der Waals surface area contributed by atoms with Crippen LogP contribution < -0.4 is 10.6 Å². The summed E-state index contributed by atoms with van der Waals surface area (Å²) in [5, 5.41) is 7.06. The molecule has 0 radical (unpaired) electrons. The first-order valence-electron chi connectivity index (χ1n) is 12.7. The standard InChI is InChI=1S/C28H31ClFN5O2/c1-35(16-20-7-4-12-37-20)11-3-8-27(36)34-26-15-22-25(14-21(26)18-5-2-6-18)31-17-32-28(22)33-19-9-10-24(30)23(29)13-19/h3,8-10,13-15,17-18,20H,2,4-7,11-12,16H2,1H3,(H,34,36)(H,31,32,33)/t20-/m0/s1. The van der Waals surface area contributed by atoms with Gasteiger partial charge >= 0.3 is 0 Å². The minimum absolute atomic E-state index is 0.0248. The Hall–Kier alpha value is -3.07. The van der Waals surface area contributed by atoms with E-state index in [1.165, 1.54) is 24.9 Å². The molecule has 3 aromatic rings. The molecule has 0 unspecified atom stereocenters. The zero-order valence-electron chi connectivity index (χ0n) is 20.8. The number of anilines is 3. The maximum absolute atomic E-state index is 13.6. The van der Waals surface area contributed by atoms with Crippen LogP contribution in [0, 0.1) is 5.82 Å². The number of nitrogens with one attached hydrogen (secondary N) is 2. The van der Waals surface area contributed by atoms with Crippen molar-refractivity contribution in [3.05, 3.63) is 65.2 Å². The second-order valence-corrected chi connectivity index (χ2v) is 10.2. The van der Waals surface area contributed by atoms with Crippen molar-refractivity contribution < 1.29 is 13.9 Å². The summed E-state index contributed by atoms with van der Waals surface area (Å²) < 4.78 is 19.3. The topological polar surface area (TPSA) is 79.4 Å². The van der Waals surface area contributed by atoms with Crippen LogP contribution >= 0.6 is 11.6 Å². The summed E-state index contributed by atoms with van der Waals surface area (Å²) in [6.07, 6.45) is 10.8. The van der Waals surface area contributed by atoms with E-state index < -0.39 is 5.82 Å². The predicted molar refractivity (Wildman–Crippen MR) is 145 cm³/mol. The molecule has 2 heterocycles. The van der Waals surface area contributed by atoms with Crippen LogP contribution in [0.25, 0.3) is 10.9 Å². The molecule has 194 valence electrons. The van der Waals surface area contributed by atoms with E-state index in [0.717, 1.165) is 61.0 Å². The fourth-order valence-corrected chi connectivity index (χ4v) is 5.00.